The number of halogens is 5. The van der Waals surface area contributed by atoms with Crippen LogP contribution in [0.15, 0.2) is 152 Å². The first-order chi connectivity index (χ1) is 47.7. The van der Waals surface area contributed by atoms with Gasteiger partial charge in [0.2, 0.25) is 25.4 Å². The van der Waals surface area contributed by atoms with E-state index in [1.54, 1.807) is 28.0 Å². The summed E-state index contributed by atoms with van der Waals surface area (Å²) in [4.78, 5) is 58.3. The van der Waals surface area contributed by atoms with Crippen LogP contribution in [0.2, 0.25) is 25.1 Å². The van der Waals surface area contributed by atoms with Gasteiger partial charge in [0.05, 0.1) is 73.9 Å². The summed E-state index contributed by atoms with van der Waals surface area (Å²) < 4.78 is 43.4. The molecule has 8 aromatic carbocycles. The van der Waals surface area contributed by atoms with Crippen molar-refractivity contribution in [3.63, 3.8) is 0 Å². The molecule has 0 fully saturated rings. The van der Waals surface area contributed by atoms with Crippen LogP contribution < -0.4 is 48.5 Å². The second-order valence-corrected chi connectivity index (χ2v) is 25.8. The first-order valence-corrected chi connectivity index (χ1v) is 34.0. The molecule has 0 saturated heterocycles. The Morgan fingerprint density at radius 3 is 1.30 bits per heavy atom. The van der Waals surface area contributed by atoms with Crippen molar-refractivity contribution < 1.29 is 67.3 Å². The van der Waals surface area contributed by atoms with Crippen LogP contribution in [0.5, 0.6) is 46.0 Å². The van der Waals surface area contributed by atoms with Crippen LogP contribution in [0.25, 0.3) is 0 Å². The number of hydrogen-bond acceptors (Lipinski definition) is 14. The number of aryl methyl sites for hydroxylation is 3. The van der Waals surface area contributed by atoms with E-state index in [1.165, 1.54) is 34.5 Å². The van der Waals surface area contributed by atoms with Gasteiger partial charge >= 0.3 is 0 Å². The average Bonchev–Trinajstić information content (AvgIpc) is 1.83. The molecule has 99 heavy (non-hydrogen) atoms. The summed E-state index contributed by atoms with van der Waals surface area (Å²) in [5, 5.41) is 31.3. The molecule has 0 aromatic heterocycles. The van der Waals surface area contributed by atoms with Gasteiger partial charge in [-0.2, -0.15) is 0 Å². The first kappa shape index (κ1) is 74.6. The number of benzene rings is 8. The molecular formula is C76H79Cl5N4O14. The molecule has 23 heteroatoms. The third-order valence-corrected chi connectivity index (χ3v) is 18.9. The quantitative estimate of drug-likeness (QED) is 0.0330. The molecule has 2 heterocycles. The Hall–Kier alpha value is -8.59. The second kappa shape index (κ2) is 36.0. The van der Waals surface area contributed by atoms with E-state index >= 15 is 0 Å². The van der Waals surface area contributed by atoms with Crippen molar-refractivity contribution in [2.24, 2.45) is 0 Å². The smallest absolute Gasteiger partial charge is 0.253 e. The maximum Gasteiger partial charge on any atom is 0.253 e. The van der Waals surface area contributed by atoms with Gasteiger partial charge in [0.15, 0.2) is 46.0 Å². The van der Waals surface area contributed by atoms with Gasteiger partial charge in [0.1, 0.15) is 0 Å². The van der Waals surface area contributed by atoms with Crippen LogP contribution in [0.1, 0.15) is 78.1 Å². The van der Waals surface area contributed by atoms with Crippen molar-refractivity contribution in [3.8, 4) is 46.0 Å². The number of fused-ring (bicyclic) bond motifs is 2. The maximum absolute atomic E-state index is 13.9. The van der Waals surface area contributed by atoms with Gasteiger partial charge in [0, 0.05) is 54.1 Å². The summed E-state index contributed by atoms with van der Waals surface area (Å²) in [6, 6.07) is 44.4. The number of ether oxygens (including phenoxy) is 8. The summed E-state index contributed by atoms with van der Waals surface area (Å²) >= 11 is 32.4. The fourth-order valence-corrected chi connectivity index (χ4v) is 13.2. The van der Waals surface area contributed by atoms with Crippen LogP contribution in [0, 0.1) is 13.8 Å². The maximum atomic E-state index is 13.9. The van der Waals surface area contributed by atoms with Crippen molar-refractivity contribution in [2.45, 2.75) is 89.5 Å². The standard InChI is InChI=1S/C38H39Cl3N2O7.C38H40Cl2N2O7/c1-23-17-28(39)26(29(40)18-23)11-14-35(45)43(16-15-25-9-12-32-34(20-25)50-22-49-32)21-31(44)30(19-24-7-5-4-6-8-24)42-38(46)27-10-13-33(47-2)37(48-3)36(27)41;1-24-19-26(9-13-29(24)39)11-16-35(44)42(18-17-27-10-14-32-34(21-27)49-23-48-32)22-31(43)30(20-25-7-5-4-6-8-25)41-38(45)28-12-15-33(46-2)37(47-3)36(28)40/h4-10,12-13,17-18,20,30-31,44H,11,14-16,19,21-22H2,1-3H3,(H,42,46);4-10,12-15,19,21,30-31,43H,11,16-18,20,22-23H2,1-3H3,(H,41,45). The van der Waals surface area contributed by atoms with Crippen LogP contribution in [0.4, 0.5) is 0 Å². The largest absolute Gasteiger partial charge is 0.493 e. The van der Waals surface area contributed by atoms with Gasteiger partial charge in [-0.1, -0.05) is 143 Å². The number of amides is 4. The van der Waals surface area contributed by atoms with Crippen molar-refractivity contribution in [1.82, 2.24) is 20.4 Å². The zero-order valence-electron chi connectivity index (χ0n) is 55.7. The van der Waals surface area contributed by atoms with Gasteiger partial charge in [-0.15, -0.1) is 0 Å². The molecular weight excluding hydrogens is 1370 g/mol. The lowest BCUT2D eigenvalue weighted by atomic mass is 9.99. The average molecular weight is 1450 g/mol. The van der Waals surface area contributed by atoms with Crippen LogP contribution >= 0.6 is 58.0 Å². The van der Waals surface area contributed by atoms with Gasteiger partial charge in [0.25, 0.3) is 11.8 Å². The molecule has 522 valence electrons. The number of aliphatic hydroxyl groups excluding tert-OH is 2. The highest BCUT2D eigenvalue weighted by molar-refractivity contribution is 6.37. The summed E-state index contributed by atoms with van der Waals surface area (Å²) in [5.74, 6) is 2.51. The minimum absolute atomic E-state index is 0.0134. The lowest BCUT2D eigenvalue weighted by Gasteiger charge is -2.31. The molecule has 0 saturated carbocycles. The van der Waals surface area contributed by atoms with Crippen molar-refractivity contribution in [2.75, 3.05) is 68.2 Å². The molecule has 4 amide bonds. The van der Waals surface area contributed by atoms with Crippen molar-refractivity contribution in [1.29, 1.82) is 0 Å². The van der Waals surface area contributed by atoms with E-state index in [9.17, 15) is 29.4 Å². The molecule has 0 spiro atoms. The molecule has 0 aliphatic carbocycles. The van der Waals surface area contributed by atoms with Gasteiger partial charge < -0.3 is 68.5 Å². The number of nitrogens with one attached hydrogen (secondary N) is 2. The van der Waals surface area contributed by atoms with Crippen LogP contribution in [-0.4, -0.2) is 136 Å². The zero-order chi connectivity index (χ0) is 70.7. The molecule has 0 radical (unpaired) electrons. The monoisotopic (exact) mass is 1450 g/mol. The van der Waals surface area contributed by atoms with Gasteiger partial charge in [-0.3, -0.25) is 19.2 Å². The third-order valence-electron chi connectivity index (χ3n) is 17.1. The molecule has 18 nitrogen and oxygen atoms in total. The summed E-state index contributed by atoms with van der Waals surface area (Å²) in [6.45, 7) is 4.71. The fourth-order valence-electron chi connectivity index (χ4n) is 11.6. The van der Waals surface area contributed by atoms with Gasteiger partial charge in [-0.25, -0.2) is 0 Å². The molecule has 2 aliphatic heterocycles. The second-order valence-electron chi connectivity index (χ2n) is 23.8. The molecule has 4 N–H and O–H groups in total. The topological polar surface area (TPSA) is 213 Å². The predicted molar refractivity (Wildman–Crippen MR) is 384 cm³/mol. The van der Waals surface area contributed by atoms with Crippen molar-refractivity contribution >= 4 is 81.6 Å². The Labute approximate surface area is 601 Å². The Balaban J connectivity index is 0.000000231. The van der Waals surface area contributed by atoms with E-state index in [0.29, 0.717) is 100 Å². The minimum Gasteiger partial charge on any atom is -0.493 e. The lowest BCUT2D eigenvalue weighted by molar-refractivity contribution is -0.133. The van der Waals surface area contributed by atoms with Gasteiger partial charge in [-0.05, 0) is 164 Å². The number of carbonyl (C=O) groups excluding carboxylic acids is 4. The van der Waals surface area contributed by atoms with Crippen molar-refractivity contribution in [3.05, 3.63) is 232 Å². The van der Waals surface area contributed by atoms with E-state index in [0.717, 1.165) is 38.9 Å². The molecule has 0 bridgehead atoms. The van der Waals surface area contributed by atoms with E-state index in [4.69, 9.17) is 95.9 Å². The number of methoxy groups -OCH3 is 4. The number of aliphatic hydroxyl groups is 2. The fraction of sp³-hybridized carbons (Fsp3) is 0.316. The number of hydrogen-bond donors (Lipinski definition) is 4. The Bertz CT molecular complexity index is 4090. The lowest BCUT2D eigenvalue weighted by Crippen LogP contribution is -2.51. The van der Waals surface area contributed by atoms with E-state index < -0.39 is 36.1 Å². The number of rotatable bonds is 30. The Morgan fingerprint density at radius 1 is 0.465 bits per heavy atom. The summed E-state index contributed by atoms with van der Waals surface area (Å²) in [7, 11) is 5.83. The van der Waals surface area contributed by atoms with E-state index in [2.05, 4.69) is 10.6 Å². The van der Waals surface area contributed by atoms with Crippen LogP contribution in [-0.2, 0) is 48.1 Å². The normalized spacial score (nSPS) is 13.0. The molecule has 4 unspecified atom stereocenters. The summed E-state index contributed by atoms with van der Waals surface area (Å²) in [5.41, 5.74) is 7.54. The Morgan fingerprint density at radius 2 is 0.879 bits per heavy atom. The molecule has 10 rings (SSSR count). The van der Waals surface area contributed by atoms with E-state index in [-0.39, 0.29) is 90.4 Å². The highest BCUT2D eigenvalue weighted by Gasteiger charge is 2.31. The zero-order valence-corrected chi connectivity index (χ0v) is 59.5. The first-order valence-electron chi connectivity index (χ1n) is 32.1. The molecule has 2 aliphatic rings. The predicted octanol–water partition coefficient (Wildman–Crippen LogP) is 13.6. The molecule has 8 aromatic rings. The SMILES string of the molecule is COc1ccc(C(=O)NC(Cc2ccccc2)C(O)CN(CCc2ccc3c(c2)OCO3)C(=O)CCc2c(Cl)cc(C)cc2Cl)c(Cl)c1OC.COc1ccc(C(=O)NC(Cc2ccccc2)C(O)CN(CCc2ccc3c(c2)OCO3)C(=O)CCc2ccc(Cl)c(C)c2)c(Cl)c1OC. The molecule has 4 atom stereocenters. The van der Waals surface area contributed by atoms with E-state index in [1.807, 2.05) is 141 Å². The highest BCUT2D eigenvalue weighted by Crippen LogP contribution is 2.40. The van der Waals surface area contributed by atoms with Crippen LogP contribution in [0.3, 0.4) is 0 Å². The minimum atomic E-state index is -1.16. The number of carbonyl (C=O) groups is 4. The third kappa shape index (κ3) is 20.1. The highest BCUT2D eigenvalue weighted by atomic mass is 35.5. The summed E-state index contributed by atoms with van der Waals surface area (Å²) in [6.07, 6.45) is 0.477. The number of nitrogens with zero attached hydrogens (tertiary/aromatic N) is 2. The Kier molecular flexibility index (Phi) is 27.1.